The largest absolute Gasteiger partial charge is 0.476 e. The number of anilines is 1. The number of aromatic nitrogens is 2. The minimum absolute atomic E-state index is 0.0392. The van der Waals surface area contributed by atoms with Gasteiger partial charge in [-0.1, -0.05) is 36.9 Å². The van der Waals surface area contributed by atoms with Gasteiger partial charge in [-0.15, -0.1) is 0 Å². The van der Waals surface area contributed by atoms with Crippen molar-refractivity contribution >= 4 is 33.4 Å². The van der Waals surface area contributed by atoms with Crippen LogP contribution in [-0.2, 0) is 4.79 Å². The van der Waals surface area contributed by atoms with Crippen LogP contribution in [0.1, 0.15) is 23.9 Å². The monoisotopic (exact) mass is 560 g/mol. The van der Waals surface area contributed by atoms with Gasteiger partial charge in [0.05, 0.1) is 5.69 Å². The van der Waals surface area contributed by atoms with Gasteiger partial charge in [-0.3, -0.25) is 4.79 Å². The maximum absolute atomic E-state index is 15.9. The zero-order chi connectivity index (χ0) is 31.2. The molecule has 0 saturated carbocycles. The quantitative estimate of drug-likeness (QED) is 0.294. The average molecular weight is 561 g/mol. The van der Waals surface area contributed by atoms with Crippen molar-refractivity contribution in [2.75, 3.05) is 44.7 Å². The van der Waals surface area contributed by atoms with Gasteiger partial charge in [0.2, 0.25) is 11.8 Å². The third kappa shape index (κ3) is 5.10. The van der Waals surface area contributed by atoms with Crippen molar-refractivity contribution < 1.29 is 22.4 Å². The summed E-state index contributed by atoms with van der Waals surface area (Å²) in [5.74, 6) is -1.05. The van der Waals surface area contributed by atoms with E-state index < -0.39 is 18.6 Å². The first-order chi connectivity index (χ1) is 21.0. The lowest BCUT2D eigenvalue weighted by Gasteiger charge is -2.41. The van der Waals surface area contributed by atoms with Crippen molar-refractivity contribution in [2.45, 2.75) is 31.8 Å². The first-order valence-electron chi connectivity index (χ1n) is 15.3. The summed E-state index contributed by atoms with van der Waals surface area (Å²) in [5, 5.41) is 1.32. The van der Waals surface area contributed by atoms with Crippen LogP contribution in [-0.4, -0.2) is 77.5 Å². The summed E-state index contributed by atoms with van der Waals surface area (Å²) in [4.78, 5) is 26.8. The molecule has 0 spiro atoms. The van der Waals surface area contributed by atoms with Crippen molar-refractivity contribution in [3.63, 3.8) is 0 Å². The molecule has 2 aromatic heterocycles. The maximum Gasteiger partial charge on any atom is 0.246 e. The van der Waals surface area contributed by atoms with Gasteiger partial charge in [0.25, 0.3) is 0 Å². The minimum atomic E-state index is -2.23. The third-order valence-corrected chi connectivity index (χ3v) is 8.04. The molecule has 2 atom stereocenters. The summed E-state index contributed by atoms with van der Waals surface area (Å²) in [7, 11) is 0. The molecule has 0 N–H and O–H groups in total. The molecule has 6 rings (SSSR count). The van der Waals surface area contributed by atoms with Crippen LogP contribution in [0.25, 0.3) is 33.1 Å². The van der Waals surface area contributed by atoms with Crippen LogP contribution in [0.4, 0.5) is 14.5 Å². The van der Waals surface area contributed by atoms with Crippen molar-refractivity contribution in [1.29, 1.82) is 0 Å². The number of hydrogen-bond donors (Lipinski definition) is 0. The summed E-state index contributed by atoms with van der Waals surface area (Å²) >= 11 is 0. The van der Waals surface area contributed by atoms with Gasteiger partial charge in [0.1, 0.15) is 23.9 Å². The predicted molar refractivity (Wildman–Crippen MR) is 157 cm³/mol. The van der Waals surface area contributed by atoms with Gasteiger partial charge in [0.15, 0.2) is 5.65 Å². The van der Waals surface area contributed by atoms with Gasteiger partial charge in [-0.25, -0.2) is 13.8 Å². The fraction of sp³-hybridized carbons (Fsp3) is 0.344. The smallest absolute Gasteiger partial charge is 0.246 e. The molecule has 2 aromatic carbocycles. The molecule has 0 bridgehead atoms. The van der Waals surface area contributed by atoms with Gasteiger partial charge in [-0.2, -0.15) is 4.98 Å². The number of pyridine rings is 2. The van der Waals surface area contributed by atoms with E-state index in [-0.39, 0.29) is 47.2 Å². The SMILES string of the molecule is [2H]C([2H])([2H])N1CCC[C@H]1COc1cc(N2CCN(C(=O)C=C)C[C@H]2C)c2cc(F)c(-c3cccc4cccc(F)c34)nc2n1. The van der Waals surface area contributed by atoms with Crippen molar-refractivity contribution in [1.82, 2.24) is 19.8 Å². The van der Waals surface area contributed by atoms with E-state index in [0.29, 0.717) is 54.6 Å². The van der Waals surface area contributed by atoms with Crippen LogP contribution in [0.5, 0.6) is 5.88 Å². The zero-order valence-electron chi connectivity index (χ0n) is 25.8. The van der Waals surface area contributed by atoms with Gasteiger partial charge < -0.3 is 19.4 Å². The van der Waals surface area contributed by atoms with Crippen molar-refractivity contribution in [3.05, 3.63) is 72.8 Å². The molecular formula is C32H33F2N5O2. The number of fused-ring (bicyclic) bond motifs is 2. The molecule has 2 aliphatic heterocycles. The lowest BCUT2D eigenvalue weighted by molar-refractivity contribution is -0.126. The molecule has 4 heterocycles. The lowest BCUT2D eigenvalue weighted by atomic mass is 10.0. The van der Waals surface area contributed by atoms with Gasteiger partial charge in [-0.05, 0) is 56.9 Å². The maximum atomic E-state index is 15.9. The fourth-order valence-electron chi connectivity index (χ4n) is 5.91. The third-order valence-electron chi connectivity index (χ3n) is 8.04. The normalized spacial score (nSPS) is 21.1. The highest BCUT2D eigenvalue weighted by Gasteiger charge is 2.29. The highest BCUT2D eigenvalue weighted by Crippen LogP contribution is 2.37. The van der Waals surface area contributed by atoms with E-state index in [2.05, 4.69) is 21.4 Å². The molecule has 41 heavy (non-hydrogen) atoms. The number of amides is 1. The topological polar surface area (TPSA) is 61.8 Å². The number of halogens is 2. The number of hydrogen-bond acceptors (Lipinski definition) is 6. The second-order valence-corrected chi connectivity index (χ2v) is 10.6. The molecule has 2 aliphatic rings. The van der Waals surface area contributed by atoms with E-state index in [1.807, 2.05) is 6.92 Å². The van der Waals surface area contributed by atoms with E-state index in [1.165, 1.54) is 23.1 Å². The number of ether oxygens (including phenoxy) is 1. The lowest BCUT2D eigenvalue weighted by Crippen LogP contribution is -2.53. The predicted octanol–water partition coefficient (Wildman–Crippen LogP) is 5.42. The molecule has 212 valence electrons. The Balaban J connectivity index is 1.44. The first kappa shape index (κ1) is 23.6. The Morgan fingerprint density at radius 3 is 2.76 bits per heavy atom. The number of likely N-dealkylation sites (N-methyl/N-ethyl adjacent to an activating group) is 1. The van der Waals surface area contributed by atoms with E-state index >= 15 is 4.39 Å². The molecule has 4 aromatic rings. The Hall–Kier alpha value is -4.11. The second-order valence-electron chi connectivity index (χ2n) is 10.6. The Morgan fingerprint density at radius 1 is 1.15 bits per heavy atom. The fourth-order valence-corrected chi connectivity index (χ4v) is 5.91. The number of rotatable bonds is 6. The van der Waals surface area contributed by atoms with Crippen LogP contribution < -0.4 is 9.64 Å². The highest BCUT2D eigenvalue weighted by atomic mass is 19.1. The van der Waals surface area contributed by atoms with Crippen LogP contribution in [0.3, 0.4) is 0 Å². The van der Waals surface area contributed by atoms with Crippen LogP contribution in [0, 0.1) is 11.6 Å². The second kappa shape index (κ2) is 11.0. The summed E-state index contributed by atoms with van der Waals surface area (Å²) in [6, 6.07) is 12.4. The highest BCUT2D eigenvalue weighted by molar-refractivity contribution is 5.98. The summed E-state index contributed by atoms with van der Waals surface area (Å²) < 4.78 is 60.7. The number of nitrogens with zero attached hydrogens (tertiary/aromatic N) is 5. The Bertz CT molecular complexity index is 1750. The van der Waals surface area contributed by atoms with E-state index in [4.69, 9.17) is 8.85 Å². The molecule has 0 radical (unpaired) electrons. The molecular weight excluding hydrogens is 524 g/mol. The van der Waals surface area contributed by atoms with Crippen molar-refractivity contribution in [3.8, 4) is 17.1 Å². The van der Waals surface area contributed by atoms with Crippen LogP contribution in [0.15, 0.2) is 61.2 Å². The summed E-state index contributed by atoms with van der Waals surface area (Å²) in [6.45, 7) is 5.23. The molecule has 0 unspecified atom stereocenters. The molecule has 9 heteroatoms. The zero-order valence-corrected chi connectivity index (χ0v) is 22.8. The van der Waals surface area contributed by atoms with Crippen LogP contribution in [0.2, 0.25) is 0 Å². The minimum Gasteiger partial charge on any atom is -0.476 e. The Kier molecular flexibility index (Phi) is 6.35. The Morgan fingerprint density at radius 2 is 1.98 bits per heavy atom. The van der Waals surface area contributed by atoms with Crippen molar-refractivity contribution in [2.24, 2.45) is 0 Å². The van der Waals surface area contributed by atoms with Crippen LogP contribution >= 0.6 is 0 Å². The molecule has 0 aliphatic carbocycles. The molecule has 2 fully saturated rings. The summed E-state index contributed by atoms with van der Waals surface area (Å²) in [5.41, 5.74) is 1.10. The number of benzene rings is 2. The molecule has 2 saturated heterocycles. The molecule has 1 amide bonds. The number of likely N-dealkylation sites (tertiary alicyclic amines) is 1. The standard InChI is InChI=1S/C32H33F2N5O2/c1-4-29(40)38-14-15-39(20(2)18-38)27-17-28(41-19-22-10-7-13-37(22)3)35-32-24(27)16-26(34)31(36-32)23-11-5-8-21-9-6-12-25(33)30(21)23/h4-6,8-9,11-12,16-17,20,22H,1,7,10,13-15,18-19H2,2-3H3/t20-,22+/m1/s1/i3D3. The Labute approximate surface area is 242 Å². The number of carbonyl (C=O) groups is 1. The van der Waals surface area contributed by atoms with E-state index in [1.54, 1.807) is 41.3 Å². The molecule has 7 nitrogen and oxygen atoms in total. The first-order valence-corrected chi connectivity index (χ1v) is 13.8. The number of piperazine rings is 1. The van der Waals surface area contributed by atoms with E-state index in [0.717, 1.165) is 6.42 Å². The average Bonchev–Trinajstić information content (AvgIpc) is 3.49. The van der Waals surface area contributed by atoms with Gasteiger partial charge in [0, 0.05) is 58.2 Å². The van der Waals surface area contributed by atoms with E-state index in [9.17, 15) is 9.18 Å². The van der Waals surface area contributed by atoms with Gasteiger partial charge >= 0.3 is 0 Å². The summed E-state index contributed by atoms with van der Waals surface area (Å²) in [6.07, 6.45) is 2.72. The number of carbonyl (C=O) groups excluding carboxylic acids is 1.